The number of methoxy groups -OCH3 is 1. The Hall–Kier alpha value is -3.59. The maximum absolute atomic E-state index is 12.6. The van der Waals surface area contributed by atoms with E-state index in [9.17, 15) is 18.0 Å². The first-order valence-corrected chi connectivity index (χ1v) is 9.25. The Balaban J connectivity index is 1.57. The highest BCUT2D eigenvalue weighted by Crippen LogP contribution is 2.29. The van der Waals surface area contributed by atoms with Crippen LogP contribution in [0.2, 0.25) is 0 Å². The van der Waals surface area contributed by atoms with Crippen LogP contribution in [0, 0.1) is 0 Å². The summed E-state index contributed by atoms with van der Waals surface area (Å²) in [6.45, 7) is 0. The predicted octanol–water partition coefficient (Wildman–Crippen LogP) is 4.68. The van der Waals surface area contributed by atoms with Crippen molar-refractivity contribution < 1.29 is 27.4 Å². The number of alkyl halides is 3. The molecular weight excluding hydrogens is 411 g/mol. The molecule has 31 heavy (non-hydrogen) atoms. The second kappa shape index (κ2) is 9.48. The Bertz CT molecular complexity index is 1010. The van der Waals surface area contributed by atoms with Crippen molar-refractivity contribution >= 4 is 17.5 Å². The minimum atomic E-state index is -4.42. The first kappa shape index (κ1) is 22.1. The molecule has 0 saturated carbocycles. The van der Waals surface area contributed by atoms with Crippen molar-refractivity contribution in [3.8, 4) is 11.5 Å². The number of halogens is 3. The minimum Gasteiger partial charge on any atom is -0.468 e. The fourth-order valence-electron chi connectivity index (χ4n) is 2.71. The largest absolute Gasteiger partial charge is 0.468 e. The zero-order chi connectivity index (χ0) is 22.4. The zero-order valence-corrected chi connectivity index (χ0v) is 16.5. The molecule has 0 unspecified atom stereocenters. The van der Waals surface area contributed by atoms with Gasteiger partial charge in [-0.25, -0.2) is 4.98 Å². The number of rotatable bonds is 7. The monoisotopic (exact) mass is 431 g/mol. The molecule has 0 fully saturated rings. The Morgan fingerprint density at radius 2 is 1.65 bits per heavy atom. The van der Waals surface area contributed by atoms with Crippen molar-refractivity contribution in [3.63, 3.8) is 0 Å². The maximum Gasteiger partial charge on any atom is 0.417 e. The molecule has 3 rings (SSSR count). The van der Waals surface area contributed by atoms with Crippen molar-refractivity contribution in [1.29, 1.82) is 0 Å². The molecule has 0 aliphatic rings. The number of nitrogens with one attached hydrogen (secondary N) is 1. The average molecular weight is 431 g/mol. The van der Waals surface area contributed by atoms with Crippen molar-refractivity contribution in [2.24, 2.45) is 5.73 Å². The number of aromatic nitrogens is 1. The number of carbonyl (C=O) groups is 1. The summed E-state index contributed by atoms with van der Waals surface area (Å²) in [5, 5.41) is 2.93. The van der Waals surface area contributed by atoms with Gasteiger partial charge in [0.15, 0.2) is 0 Å². The number of ether oxygens (including phenoxy) is 2. The summed E-state index contributed by atoms with van der Waals surface area (Å²) in [4.78, 5) is 15.2. The lowest BCUT2D eigenvalue weighted by Gasteiger charge is -2.11. The highest BCUT2D eigenvalue weighted by Gasteiger charge is 2.30. The van der Waals surface area contributed by atoms with Gasteiger partial charge in [0.25, 0.3) is 0 Å². The van der Waals surface area contributed by atoms with Crippen LogP contribution in [-0.4, -0.2) is 24.1 Å². The lowest BCUT2D eigenvalue weighted by molar-refractivity contribution is -0.142. The van der Waals surface area contributed by atoms with Crippen LogP contribution in [0.25, 0.3) is 0 Å². The number of esters is 1. The molecular formula is C22H20F3N3O3. The van der Waals surface area contributed by atoms with Gasteiger partial charge in [0.05, 0.1) is 12.7 Å². The topological polar surface area (TPSA) is 86.5 Å². The third-order valence-electron chi connectivity index (χ3n) is 4.34. The van der Waals surface area contributed by atoms with Gasteiger partial charge in [-0.2, -0.15) is 13.2 Å². The van der Waals surface area contributed by atoms with Crippen LogP contribution in [0.4, 0.5) is 24.7 Å². The van der Waals surface area contributed by atoms with Gasteiger partial charge in [-0.3, -0.25) is 4.79 Å². The van der Waals surface area contributed by atoms with Crippen LogP contribution in [0.15, 0.2) is 66.9 Å². The van der Waals surface area contributed by atoms with Crippen LogP contribution in [0.3, 0.4) is 0 Å². The van der Waals surface area contributed by atoms with Gasteiger partial charge in [-0.15, -0.1) is 0 Å². The first-order valence-electron chi connectivity index (χ1n) is 9.25. The van der Waals surface area contributed by atoms with E-state index < -0.39 is 23.8 Å². The van der Waals surface area contributed by atoms with Crippen molar-refractivity contribution in [1.82, 2.24) is 4.98 Å². The van der Waals surface area contributed by atoms with Gasteiger partial charge < -0.3 is 20.5 Å². The Kier molecular flexibility index (Phi) is 6.76. The van der Waals surface area contributed by atoms with Crippen molar-refractivity contribution in [2.45, 2.75) is 18.6 Å². The van der Waals surface area contributed by atoms with Crippen LogP contribution in [0.1, 0.15) is 11.1 Å². The number of anilines is 2. The minimum absolute atomic E-state index is 0.294. The maximum atomic E-state index is 12.6. The van der Waals surface area contributed by atoms with E-state index >= 15 is 0 Å². The Morgan fingerprint density at radius 3 is 2.16 bits per heavy atom. The van der Waals surface area contributed by atoms with Crippen LogP contribution >= 0.6 is 0 Å². The number of pyridine rings is 1. The van der Waals surface area contributed by atoms with Gasteiger partial charge in [-0.1, -0.05) is 12.1 Å². The fraction of sp³-hybridized carbons (Fsp3) is 0.182. The summed E-state index contributed by atoms with van der Waals surface area (Å²) in [6, 6.07) is 15.5. The summed E-state index contributed by atoms with van der Waals surface area (Å²) in [7, 11) is 1.29. The number of hydrogen-bond acceptors (Lipinski definition) is 6. The quantitative estimate of drug-likeness (QED) is 0.529. The summed E-state index contributed by atoms with van der Waals surface area (Å²) >= 11 is 0. The van der Waals surface area contributed by atoms with E-state index in [1.807, 2.05) is 12.1 Å². The van der Waals surface area contributed by atoms with E-state index in [1.54, 1.807) is 36.4 Å². The van der Waals surface area contributed by atoms with Gasteiger partial charge in [-0.05, 0) is 60.5 Å². The number of carbonyl (C=O) groups excluding carboxylic acids is 1. The van der Waals surface area contributed by atoms with Crippen LogP contribution in [-0.2, 0) is 22.1 Å². The van der Waals surface area contributed by atoms with Crippen LogP contribution < -0.4 is 15.8 Å². The first-order chi connectivity index (χ1) is 14.7. The number of nitrogens with zero attached hydrogens (tertiary/aromatic N) is 1. The lowest BCUT2D eigenvalue weighted by Crippen LogP contribution is -2.33. The standard InChI is InChI=1S/C22H20F3N3O3/c1-30-21(29)19(26)12-14-2-7-17(8-3-14)31-18-9-5-16(6-10-18)28-20-11-4-15(13-27-20)22(23,24)25/h2-11,13,19H,12,26H2,1H3,(H,27,28)/t19-/m0/s1. The SMILES string of the molecule is COC(=O)[C@@H](N)Cc1ccc(Oc2ccc(Nc3ccc(C(F)(F)F)cn3)cc2)cc1. The Morgan fingerprint density at radius 1 is 1.03 bits per heavy atom. The smallest absolute Gasteiger partial charge is 0.417 e. The summed E-state index contributed by atoms with van der Waals surface area (Å²) in [6.07, 6.45) is -3.29. The highest BCUT2D eigenvalue weighted by molar-refractivity contribution is 5.75. The molecule has 0 amide bonds. The second-order valence-electron chi connectivity index (χ2n) is 6.66. The molecule has 3 aromatic rings. The lowest BCUT2D eigenvalue weighted by atomic mass is 10.1. The molecule has 6 nitrogen and oxygen atoms in total. The third-order valence-corrected chi connectivity index (χ3v) is 4.34. The molecule has 0 spiro atoms. The molecule has 0 aliphatic heterocycles. The number of benzene rings is 2. The van der Waals surface area contributed by atoms with Gasteiger partial charge in [0.2, 0.25) is 0 Å². The summed E-state index contributed by atoms with van der Waals surface area (Å²) in [5.74, 6) is 0.994. The van der Waals surface area contributed by atoms with Gasteiger partial charge >= 0.3 is 12.1 Å². The van der Waals surface area contributed by atoms with E-state index in [1.165, 1.54) is 13.2 Å². The zero-order valence-electron chi connectivity index (χ0n) is 16.5. The molecule has 0 saturated heterocycles. The molecule has 1 heterocycles. The van der Waals surface area contributed by atoms with Gasteiger partial charge in [0.1, 0.15) is 23.4 Å². The molecule has 0 aliphatic carbocycles. The van der Waals surface area contributed by atoms with E-state index in [2.05, 4.69) is 15.0 Å². The molecule has 1 atom stereocenters. The van der Waals surface area contributed by atoms with E-state index in [-0.39, 0.29) is 0 Å². The van der Waals surface area contributed by atoms with Crippen molar-refractivity contribution in [3.05, 3.63) is 78.0 Å². The van der Waals surface area contributed by atoms with E-state index in [0.29, 0.717) is 29.4 Å². The normalized spacial score (nSPS) is 12.2. The van der Waals surface area contributed by atoms with Crippen LogP contribution in [0.5, 0.6) is 11.5 Å². The molecule has 2 aromatic carbocycles. The van der Waals surface area contributed by atoms with Crippen molar-refractivity contribution in [2.75, 3.05) is 12.4 Å². The molecule has 0 bridgehead atoms. The number of hydrogen-bond donors (Lipinski definition) is 2. The molecule has 9 heteroatoms. The Labute approximate surface area is 176 Å². The molecule has 0 radical (unpaired) electrons. The third kappa shape index (κ3) is 6.19. The highest BCUT2D eigenvalue weighted by atomic mass is 19.4. The second-order valence-corrected chi connectivity index (χ2v) is 6.66. The molecule has 3 N–H and O–H groups in total. The molecule has 162 valence electrons. The average Bonchev–Trinajstić information content (AvgIpc) is 2.75. The van der Waals surface area contributed by atoms with E-state index in [4.69, 9.17) is 10.5 Å². The molecule has 1 aromatic heterocycles. The fourth-order valence-corrected chi connectivity index (χ4v) is 2.71. The summed E-state index contributed by atoms with van der Waals surface area (Å²) in [5.41, 5.74) is 6.46. The number of nitrogens with two attached hydrogens (primary N) is 1. The predicted molar refractivity (Wildman–Crippen MR) is 109 cm³/mol. The van der Waals surface area contributed by atoms with E-state index in [0.717, 1.165) is 17.8 Å². The summed E-state index contributed by atoms with van der Waals surface area (Å²) < 4.78 is 48.2. The van der Waals surface area contributed by atoms with Gasteiger partial charge in [0, 0.05) is 11.9 Å².